The highest BCUT2D eigenvalue weighted by Gasteiger charge is 2.21. The number of nitrogens with two attached hydrogens (primary N) is 1. The van der Waals surface area contributed by atoms with Gasteiger partial charge in [-0.05, 0) is 43.5 Å². The number of aromatic amines is 1. The van der Waals surface area contributed by atoms with Gasteiger partial charge in [-0.2, -0.15) is 0 Å². The molecule has 28 heavy (non-hydrogen) atoms. The number of aryl methyl sites for hydroxylation is 1. The number of nitrogens with zero attached hydrogens (tertiary/aromatic N) is 2. The Labute approximate surface area is 163 Å². The molecule has 8 heteroatoms. The van der Waals surface area contributed by atoms with Crippen molar-refractivity contribution >= 4 is 28.3 Å². The minimum atomic E-state index is 0.240. The topological polar surface area (TPSA) is 122 Å². The Balaban J connectivity index is 1.71. The molecule has 0 amide bonds. The van der Waals surface area contributed by atoms with Gasteiger partial charge < -0.3 is 25.5 Å². The molecule has 1 aromatic carbocycles. The molecular weight excluding hydrogens is 356 g/mol. The second kappa shape index (κ2) is 7.47. The molecule has 0 saturated carbocycles. The van der Waals surface area contributed by atoms with Gasteiger partial charge in [0.05, 0.1) is 24.1 Å². The van der Waals surface area contributed by atoms with E-state index >= 15 is 0 Å². The summed E-state index contributed by atoms with van der Waals surface area (Å²) < 4.78 is 10.8. The predicted molar refractivity (Wildman–Crippen MR) is 109 cm³/mol. The van der Waals surface area contributed by atoms with Crippen molar-refractivity contribution in [2.75, 3.05) is 31.4 Å². The maximum atomic E-state index is 8.78. The third-order valence-corrected chi connectivity index (χ3v) is 5.09. The average molecular weight is 380 g/mol. The zero-order valence-corrected chi connectivity index (χ0v) is 16.0. The SMILES string of the molecule is COc1cc(C)c2[nH]c(C(=N)c3c(N)ncnc3NC3CCOCC3)cc2c1. The van der Waals surface area contributed by atoms with Gasteiger partial charge in [-0.15, -0.1) is 0 Å². The summed E-state index contributed by atoms with van der Waals surface area (Å²) in [5.41, 5.74) is 9.57. The first kappa shape index (κ1) is 18.2. The van der Waals surface area contributed by atoms with Crippen LogP contribution in [0.15, 0.2) is 24.5 Å². The fraction of sp³-hybridized carbons (Fsp3) is 0.350. The molecule has 0 spiro atoms. The number of hydrogen-bond acceptors (Lipinski definition) is 7. The van der Waals surface area contributed by atoms with Gasteiger partial charge in [0.2, 0.25) is 0 Å². The molecule has 0 unspecified atom stereocenters. The Morgan fingerprint density at radius 1 is 1.29 bits per heavy atom. The molecule has 1 saturated heterocycles. The summed E-state index contributed by atoms with van der Waals surface area (Å²) in [7, 11) is 1.65. The molecule has 146 valence electrons. The van der Waals surface area contributed by atoms with Gasteiger partial charge in [-0.3, -0.25) is 5.41 Å². The van der Waals surface area contributed by atoms with Crippen LogP contribution in [0.1, 0.15) is 29.7 Å². The highest BCUT2D eigenvalue weighted by Crippen LogP contribution is 2.28. The van der Waals surface area contributed by atoms with Gasteiger partial charge in [0.25, 0.3) is 0 Å². The van der Waals surface area contributed by atoms with Gasteiger partial charge in [-0.1, -0.05) is 0 Å². The van der Waals surface area contributed by atoms with Crippen molar-refractivity contribution in [1.82, 2.24) is 15.0 Å². The molecule has 8 nitrogen and oxygen atoms in total. The first-order valence-electron chi connectivity index (χ1n) is 9.28. The molecule has 2 aromatic heterocycles. The lowest BCUT2D eigenvalue weighted by Crippen LogP contribution is -2.29. The number of methoxy groups -OCH3 is 1. The van der Waals surface area contributed by atoms with Crippen LogP contribution >= 0.6 is 0 Å². The molecule has 1 aliphatic heterocycles. The fourth-order valence-corrected chi connectivity index (χ4v) is 3.57. The highest BCUT2D eigenvalue weighted by atomic mass is 16.5. The number of aromatic nitrogens is 3. The second-order valence-electron chi connectivity index (χ2n) is 6.98. The minimum Gasteiger partial charge on any atom is -0.497 e. The Kier molecular flexibility index (Phi) is 4.87. The van der Waals surface area contributed by atoms with E-state index in [1.807, 2.05) is 25.1 Å². The smallest absolute Gasteiger partial charge is 0.141 e. The third-order valence-electron chi connectivity index (χ3n) is 5.09. The second-order valence-corrected chi connectivity index (χ2v) is 6.98. The number of ether oxygens (including phenoxy) is 2. The van der Waals surface area contributed by atoms with Crippen LogP contribution in [0, 0.1) is 12.3 Å². The molecule has 3 heterocycles. The normalized spacial score (nSPS) is 14.9. The molecular formula is C20H24N6O2. The molecule has 1 fully saturated rings. The number of nitrogen functional groups attached to an aromatic ring is 1. The van der Waals surface area contributed by atoms with E-state index in [2.05, 4.69) is 20.3 Å². The van der Waals surface area contributed by atoms with Crippen LogP contribution in [0.25, 0.3) is 10.9 Å². The maximum absolute atomic E-state index is 8.78. The monoisotopic (exact) mass is 380 g/mol. The van der Waals surface area contributed by atoms with E-state index in [-0.39, 0.29) is 17.6 Å². The number of H-pyrrole nitrogens is 1. The van der Waals surface area contributed by atoms with Crippen molar-refractivity contribution in [1.29, 1.82) is 5.41 Å². The van der Waals surface area contributed by atoms with E-state index in [9.17, 15) is 0 Å². The van der Waals surface area contributed by atoms with Crippen LogP contribution in [0.3, 0.4) is 0 Å². The zero-order valence-electron chi connectivity index (χ0n) is 16.0. The molecule has 3 aromatic rings. The van der Waals surface area contributed by atoms with Gasteiger partial charge >= 0.3 is 0 Å². The van der Waals surface area contributed by atoms with E-state index in [1.165, 1.54) is 6.33 Å². The van der Waals surface area contributed by atoms with Crippen LogP contribution in [-0.2, 0) is 4.74 Å². The Hall–Kier alpha value is -3.13. The average Bonchev–Trinajstić information content (AvgIpc) is 3.13. The van der Waals surface area contributed by atoms with Gasteiger partial charge in [0, 0.05) is 30.2 Å². The van der Waals surface area contributed by atoms with Crippen molar-refractivity contribution in [2.24, 2.45) is 0 Å². The first-order chi connectivity index (χ1) is 13.6. The molecule has 1 aliphatic rings. The van der Waals surface area contributed by atoms with Crippen molar-refractivity contribution in [2.45, 2.75) is 25.8 Å². The number of hydrogen-bond donors (Lipinski definition) is 4. The van der Waals surface area contributed by atoms with Crippen molar-refractivity contribution < 1.29 is 9.47 Å². The molecule has 4 rings (SSSR count). The summed E-state index contributed by atoms with van der Waals surface area (Å²) in [6, 6.07) is 6.08. The van der Waals surface area contributed by atoms with E-state index in [4.69, 9.17) is 20.6 Å². The molecule has 5 N–H and O–H groups in total. The summed E-state index contributed by atoms with van der Waals surface area (Å²) in [5.74, 6) is 1.64. The Bertz CT molecular complexity index is 1020. The van der Waals surface area contributed by atoms with E-state index in [0.29, 0.717) is 30.3 Å². The lowest BCUT2D eigenvalue weighted by Gasteiger charge is -2.24. The minimum absolute atomic E-state index is 0.240. The number of fused-ring (bicyclic) bond motifs is 1. The summed E-state index contributed by atoms with van der Waals surface area (Å²) in [6.45, 7) is 3.44. The molecule has 0 aliphatic carbocycles. The molecule has 0 bridgehead atoms. The lowest BCUT2D eigenvalue weighted by molar-refractivity contribution is 0.0904. The van der Waals surface area contributed by atoms with Crippen molar-refractivity contribution in [3.8, 4) is 5.75 Å². The summed E-state index contributed by atoms with van der Waals surface area (Å²) in [4.78, 5) is 11.8. The maximum Gasteiger partial charge on any atom is 0.141 e. The van der Waals surface area contributed by atoms with Crippen LogP contribution in [0.2, 0.25) is 0 Å². The van der Waals surface area contributed by atoms with Gasteiger partial charge in [-0.25, -0.2) is 9.97 Å². The fourth-order valence-electron chi connectivity index (χ4n) is 3.57. The van der Waals surface area contributed by atoms with Crippen LogP contribution in [-0.4, -0.2) is 47.0 Å². The predicted octanol–water partition coefficient (Wildman–Crippen LogP) is 2.86. The number of benzene rings is 1. The standard InChI is InChI=1S/C20H24N6O2/c1-11-7-14(27-2)8-12-9-15(26-18(11)12)17(21)16-19(22)23-10-24-20(16)25-13-3-5-28-6-4-13/h7-10,13,21,26H,3-6H2,1-2H3,(H3,22,23,24,25). The van der Waals surface area contributed by atoms with Crippen molar-refractivity contribution in [3.05, 3.63) is 41.3 Å². The Morgan fingerprint density at radius 2 is 2.07 bits per heavy atom. The highest BCUT2D eigenvalue weighted by molar-refractivity contribution is 6.16. The van der Waals surface area contributed by atoms with Crippen LogP contribution in [0.4, 0.5) is 11.6 Å². The molecule has 0 atom stereocenters. The number of anilines is 2. The van der Waals surface area contributed by atoms with Crippen LogP contribution < -0.4 is 15.8 Å². The van der Waals surface area contributed by atoms with Gasteiger partial charge in [0.1, 0.15) is 23.7 Å². The molecule has 0 radical (unpaired) electrons. The number of nitrogens with one attached hydrogen (secondary N) is 3. The lowest BCUT2D eigenvalue weighted by atomic mass is 10.1. The Morgan fingerprint density at radius 3 is 2.82 bits per heavy atom. The van der Waals surface area contributed by atoms with E-state index in [0.717, 1.165) is 35.1 Å². The van der Waals surface area contributed by atoms with Crippen molar-refractivity contribution in [3.63, 3.8) is 0 Å². The summed E-state index contributed by atoms with van der Waals surface area (Å²) in [6.07, 6.45) is 3.21. The zero-order chi connectivity index (χ0) is 19.7. The summed E-state index contributed by atoms with van der Waals surface area (Å²) in [5, 5.41) is 13.2. The van der Waals surface area contributed by atoms with Gasteiger partial charge in [0.15, 0.2) is 0 Å². The van der Waals surface area contributed by atoms with E-state index < -0.39 is 0 Å². The quantitative estimate of drug-likeness (QED) is 0.505. The van der Waals surface area contributed by atoms with Crippen LogP contribution in [0.5, 0.6) is 5.75 Å². The largest absolute Gasteiger partial charge is 0.497 e. The summed E-state index contributed by atoms with van der Waals surface area (Å²) >= 11 is 0. The third kappa shape index (κ3) is 3.38. The van der Waals surface area contributed by atoms with E-state index in [1.54, 1.807) is 7.11 Å². The first-order valence-corrected chi connectivity index (χ1v) is 9.28. The number of rotatable bonds is 5.